The Labute approximate surface area is 161 Å². The Hall–Kier alpha value is -3.38. The predicted molar refractivity (Wildman–Crippen MR) is 107 cm³/mol. The van der Waals surface area contributed by atoms with Crippen molar-refractivity contribution in [3.63, 3.8) is 0 Å². The van der Waals surface area contributed by atoms with Crippen molar-refractivity contribution in [2.24, 2.45) is 5.10 Å². The van der Waals surface area contributed by atoms with Crippen LogP contribution in [0.15, 0.2) is 77.9 Å². The minimum absolute atomic E-state index is 0.0328. The predicted octanol–water partition coefficient (Wildman–Crippen LogP) is 5.27. The molecule has 3 rings (SSSR count). The number of nitrogens with zero attached hydrogens (tertiary/aromatic N) is 2. The number of hydrogen-bond acceptors (Lipinski definition) is 5. The van der Waals surface area contributed by atoms with E-state index >= 15 is 0 Å². The molecule has 0 heterocycles. The Morgan fingerprint density at radius 2 is 1.74 bits per heavy atom. The molecule has 0 atom stereocenters. The van der Waals surface area contributed by atoms with E-state index in [-0.39, 0.29) is 5.69 Å². The van der Waals surface area contributed by atoms with Gasteiger partial charge in [-0.15, -0.1) is 0 Å². The van der Waals surface area contributed by atoms with Crippen LogP contribution in [0.5, 0.6) is 5.75 Å². The maximum atomic E-state index is 10.7. The van der Waals surface area contributed by atoms with Crippen molar-refractivity contribution in [2.75, 3.05) is 5.43 Å². The summed E-state index contributed by atoms with van der Waals surface area (Å²) in [5, 5.41) is 15.5. The van der Waals surface area contributed by atoms with E-state index in [0.29, 0.717) is 23.1 Å². The molecule has 3 aromatic rings. The van der Waals surface area contributed by atoms with Gasteiger partial charge >= 0.3 is 0 Å². The molecule has 0 aliphatic rings. The van der Waals surface area contributed by atoms with Gasteiger partial charge < -0.3 is 4.74 Å². The maximum Gasteiger partial charge on any atom is 0.269 e. The van der Waals surface area contributed by atoms with Crippen LogP contribution >= 0.6 is 11.6 Å². The monoisotopic (exact) mass is 381 g/mol. The van der Waals surface area contributed by atoms with Crippen molar-refractivity contribution < 1.29 is 9.66 Å². The molecule has 0 unspecified atom stereocenters. The van der Waals surface area contributed by atoms with Gasteiger partial charge in [0.05, 0.1) is 16.8 Å². The van der Waals surface area contributed by atoms with Crippen molar-refractivity contribution >= 4 is 29.2 Å². The third-order valence-electron chi connectivity index (χ3n) is 3.70. The lowest BCUT2D eigenvalue weighted by molar-refractivity contribution is -0.384. The molecule has 136 valence electrons. The van der Waals surface area contributed by atoms with Gasteiger partial charge in [-0.2, -0.15) is 5.10 Å². The van der Waals surface area contributed by atoms with Gasteiger partial charge in [-0.1, -0.05) is 35.9 Å². The second-order valence-electron chi connectivity index (χ2n) is 5.63. The van der Waals surface area contributed by atoms with Gasteiger partial charge in [-0.25, -0.2) is 0 Å². The first kappa shape index (κ1) is 18.4. The average molecular weight is 382 g/mol. The number of benzene rings is 3. The average Bonchev–Trinajstić information content (AvgIpc) is 2.69. The molecule has 0 spiro atoms. The van der Waals surface area contributed by atoms with Crippen LogP contribution in [0.4, 0.5) is 11.4 Å². The number of non-ortho nitro benzene ring substituents is 1. The number of halogens is 1. The molecule has 6 nitrogen and oxygen atoms in total. The fourth-order valence-corrected chi connectivity index (χ4v) is 2.42. The second kappa shape index (κ2) is 8.82. The lowest BCUT2D eigenvalue weighted by Gasteiger charge is -2.09. The van der Waals surface area contributed by atoms with E-state index < -0.39 is 4.92 Å². The number of anilines is 1. The Bertz CT molecular complexity index is 941. The molecular formula is C20H16ClN3O3. The Balaban J connectivity index is 1.63. The van der Waals surface area contributed by atoms with E-state index in [0.717, 1.165) is 11.1 Å². The van der Waals surface area contributed by atoms with Crippen molar-refractivity contribution in [2.45, 2.75) is 6.61 Å². The van der Waals surface area contributed by atoms with E-state index in [1.165, 1.54) is 12.1 Å². The normalized spacial score (nSPS) is 10.7. The Morgan fingerprint density at radius 3 is 2.44 bits per heavy atom. The minimum atomic E-state index is -0.443. The van der Waals surface area contributed by atoms with Gasteiger partial charge in [-0.3, -0.25) is 15.5 Å². The molecule has 0 aromatic heterocycles. The highest BCUT2D eigenvalue weighted by molar-refractivity contribution is 6.30. The van der Waals surface area contributed by atoms with E-state index in [1.54, 1.807) is 18.3 Å². The van der Waals surface area contributed by atoms with Crippen molar-refractivity contribution in [3.8, 4) is 5.75 Å². The van der Waals surface area contributed by atoms with Crippen LogP contribution in [-0.2, 0) is 6.61 Å². The molecule has 0 fully saturated rings. The molecule has 0 saturated carbocycles. The van der Waals surface area contributed by atoms with E-state index in [4.69, 9.17) is 16.3 Å². The highest BCUT2D eigenvalue weighted by atomic mass is 35.5. The standard InChI is InChI=1S/C20H16ClN3O3/c21-17-7-5-15(6-8-17)14-27-20-4-2-1-3-16(20)13-22-23-18-9-11-19(12-10-18)24(25)26/h1-13,23H,14H2/b22-13-. The summed E-state index contributed by atoms with van der Waals surface area (Å²) in [6, 6.07) is 21.0. The number of ether oxygens (including phenoxy) is 1. The lowest BCUT2D eigenvalue weighted by atomic mass is 10.2. The van der Waals surface area contributed by atoms with E-state index in [9.17, 15) is 10.1 Å². The van der Waals surface area contributed by atoms with Crippen LogP contribution in [0, 0.1) is 10.1 Å². The number of hydrogen-bond donors (Lipinski definition) is 1. The van der Waals surface area contributed by atoms with Gasteiger partial charge in [0.15, 0.2) is 0 Å². The number of nitro benzene ring substituents is 1. The quantitative estimate of drug-likeness (QED) is 0.343. The number of nitro groups is 1. The van der Waals surface area contributed by atoms with Gasteiger partial charge in [0.1, 0.15) is 12.4 Å². The topological polar surface area (TPSA) is 76.8 Å². The van der Waals surface area contributed by atoms with Crippen LogP contribution in [0.1, 0.15) is 11.1 Å². The van der Waals surface area contributed by atoms with Crippen LogP contribution in [0.3, 0.4) is 0 Å². The van der Waals surface area contributed by atoms with Gasteiger partial charge in [0.25, 0.3) is 5.69 Å². The summed E-state index contributed by atoms with van der Waals surface area (Å²) < 4.78 is 5.87. The first-order chi connectivity index (χ1) is 13.1. The molecule has 0 aliphatic carbocycles. The zero-order valence-corrected chi connectivity index (χ0v) is 15.0. The van der Waals surface area contributed by atoms with E-state index in [2.05, 4.69) is 10.5 Å². The molecule has 0 saturated heterocycles. The Morgan fingerprint density at radius 1 is 1.04 bits per heavy atom. The van der Waals surface area contributed by atoms with Crippen molar-refractivity contribution in [3.05, 3.63) is 99.1 Å². The zero-order valence-electron chi connectivity index (χ0n) is 14.2. The highest BCUT2D eigenvalue weighted by Gasteiger charge is 2.04. The third kappa shape index (κ3) is 5.29. The Kier molecular flexibility index (Phi) is 6.02. The second-order valence-corrected chi connectivity index (χ2v) is 6.06. The molecule has 0 aliphatic heterocycles. The summed E-state index contributed by atoms with van der Waals surface area (Å²) in [6.45, 7) is 0.414. The molecule has 3 aromatic carbocycles. The summed E-state index contributed by atoms with van der Waals surface area (Å²) in [6.07, 6.45) is 1.64. The molecule has 27 heavy (non-hydrogen) atoms. The summed E-state index contributed by atoms with van der Waals surface area (Å²) >= 11 is 5.89. The van der Waals surface area contributed by atoms with Crippen LogP contribution in [0.25, 0.3) is 0 Å². The molecule has 7 heteroatoms. The van der Waals surface area contributed by atoms with E-state index in [1.807, 2.05) is 48.5 Å². The molecule has 0 radical (unpaired) electrons. The number of para-hydroxylation sites is 1. The fraction of sp³-hybridized carbons (Fsp3) is 0.0500. The number of hydrazone groups is 1. The van der Waals surface area contributed by atoms with Gasteiger partial charge in [0, 0.05) is 22.7 Å². The molecule has 0 bridgehead atoms. The SMILES string of the molecule is O=[N+]([O-])c1ccc(N/N=C\c2ccccc2OCc2ccc(Cl)cc2)cc1. The first-order valence-electron chi connectivity index (χ1n) is 8.11. The number of nitrogens with one attached hydrogen (secondary N) is 1. The summed E-state index contributed by atoms with van der Waals surface area (Å²) in [5.74, 6) is 0.696. The maximum absolute atomic E-state index is 10.7. The van der Waals surface area contributed by atoms with Crippen molar-refractivity contribution in [1.29, 1.82) is 0 Å². The van der Waals surface area contributed by atoms with Gasteiger partial charge in [-0.05, 0) is 42.0 Å². The largest absolute Gasteiger partial charge is 0.488 e. The van der Waals surface area contributed by atoms with Crippen LogP contribution in [0.2, 0.25) is 5.02 Å². The van der Waals surface area contributed by atoms with Crippen LogP contribution in [-0.4, -0.2) is 11.1 Å². The van der Waals surface area contributed by atoms with Crippen molar-refractivity contribution in [1.82, 2.24) is 0 Å². The third-order valence-corrected chi connectivity index (χ3v) is 3.95. The minimum Gasteiger partial charge on any atom is -0.488 e. The summed E-state index contributed by atoms with van der Waals surface area (Å²) in [4.78, 5) is 10.2. The summed E-state index contributed by atoms with van der Waals surface area (Å²) in [5.41, 5.74) is 5.34. The van der Waals surface area contributed by atoms with Crippen LogP contribution < -0.4 is 10.2 Å². The highest BCUT2D eigenvalue weighted by Crippen LogP contribution is 2.19. The summed E-state index contributed by atoms with van der Waals surface area (Å²) in [7, 11) is 0. The smallest absolute Gasteiger partial charge is 0.269 e. The lowest BCUT2D eigenvalue weighted by Crippen LogP contribution is -1.99. The molecule has 0 amide bonds. The number of rotatable bonds is 7. The zero-order chi connectivity index (χ0) is 19.1. The molecular weight excluding hydrogens is 366 g/mol. The first-order valence-corrected chi connectivity index (χ1v) is 8.49. The fourth-order valence-electron chi connectivity index (χ4n) is 2.29. The van der Waals surface area contributed by atoms with Gasteiger partial charge in [0.2, 0.25) is 0 Å². The molecule has 1 N–H and O–H groups in total.